The van der Waals surface area contributed by atoms with Gasteiger partial charge in [0.1, 0.15) is 6.20 Å². The molecule has 8 heteroatoms. The smallest absolute Gasteiger partial charge is 0.361 e. The van der Waals surface area contributed by atoms with Gasteiger partial charge in [-0.05, 0) is 10.5 Å². The van der Waals surface area contributed by atoms with Gasteiger partial charge in [-0.25, -0.2) is 0 Å². The van der Waals surface area contributed by atoms with Crippen LogP contribution in [0.5, 0.6) is 0 Å². The lowest BCUT2D eigenvalue weighted by Gasteiger charge is -2.12. The second kappa shape index (κ2) is 5.51. The maximum absolute atomic E-state index is 11.2. The van der Waals surface area contributed by atoms with Crippen molar-refractivity contribution >= 4 is 27.9 Å². The van der Waals surface area contributed by atoms with E-state index in [1.165, 1.54) is 15.7 Å². The maximum Gasteiger partial charge on any atom is 0.372 e. The average Bonchev–Trinajstić information content (AvgIpc) is 3.05. The van der Waals surface area contributed by atoms with Gasteiger partial charge in [0.05, 0.1) is 0 Å². The first-order chi connectivity index (χ1) is 10.2. The number of nitrogens with zero attached hydrogens (tertiary/aromatic N) is 3. The van der Waals surface area contributed by atoms with Crippen LogP contribution in [0.3, 0.4) is 0 Å². The zero-order valence-corrected chi connectivity index (χ0v) is 11.8. The van der Waals surface area contributed by atoms with E-state index in [0.29, 0.717) is 11.5 Å². The molecule has 3 rings (SSSR count). The Bertz CT molecular complexity index is 767. The van der Waals surface area contributed by atoms with Crippen molar-refractivity contribution < 1.29 is 4.92 Å². The number of benzene rings is 1. The van der Waals surface area contributed by atoms with Crippen molar-refractivity contribution in [2.45, 2.75) is 6.04 Å². The van der Waals surface area contributed by atoms with E-state index < -0.39 is 4.92 Å². The van der Waals surface area contributed by atoms with Crippen molar-refractivity contribution in [1.29, 1.82) is 0 Å². The molecular formula is C13H13N5O2S. The van der Waals surface area contributed by atoms with Gasteiger partial charge in [0, 0.05) is 18.0 Å². The third-order valence-electron chi connectivity index (χ3n) is 3.13. The lowest BCUT2D eigenvalue weighted by atomic mass is 10.1. The fourth-order valence-electron chi connectivity index (χ4n) is 2.09. The number of imidazole rings is 1. The first kappa shape index (κ1) is 13.5. The van der Waals surface area contributed by atoms with Crippen LogP contribution in [0.15, 0.2) is 41.9 Å². The Kier molecular flexibility index (Phi) is 3.55. The Morgan fingerprint density at radius 3 is 2.90 bits per heavy atom. The van der Waals surface area contributed by atoms with Crippen LogP contribution in [0.2, 0.25) is 0 Å². The Balaban J connectivity index is 1.80. The average molecular weight is 303 g/mol. The molecule has 0 aliphatic rings. The van der Waals surface area contributed by atoms with Crippen LogP contribution < -0.4 is 11.1 Å². The monoisotopic (exact) mass is 303 g/mol. The molecule has 0 saturated carbocycles. The number of rotatable bonds is 5. The summed E-state index contributed by atoms with van der Waals surface area (Å²) in [5.74, 6) is 0.185. The van der Waals surface area contributed by atoms with Gasteiger partial charge in [0.15, 0.2) is 0 Å². The molecule has 0 aliphatic carbocycles. The minimum Gasteiger partial charge on any atom is -0.361 e. The normalized spacial score (nSPS) is 12.4. The Morgan fingerprint density at radius 2 is 2.19 bits per heavy atom. The van der Waals surface area contributed by atoms with Gasteiger partial charge < -0.3 is 21.2 Å². The van der Waals surface area contributed by atoms with Gasteiger partial charge in [-0.2, -0.15) is 9.38 Å². The topological polar surface area (TPSA) is 98.5 Å². The largest absolute Gasteiger partial charge is 0.372 e. The number of thiazole rings is 1. The van der Waals surface area contributed by atoms with E-state index in [2.05, 4.69) is 10.3 Å². The van der Waals surface area contributed by atoms with Crippen molar-refractivity contribution in [2.75, 3.05) is 11.9 Å². The number of hydrogen-bond donors (Lipinski definition) is 2. The van der Waals surface area contributed by atoms with Gasteiger partial charge in [-0.3, -0.25) is 0 Å². The lowest BCUT2D eigenvalue weighted by molar-refractivity contribution is -0.389. The van der Waals surface area contributed by atoms with Crippen LogP contribution in [0.1, 0.15) is 11.6 Å². The van der Waals surface area contributed by atoms with Gasteiger partial charge >= 0.3 is 5.82 Å². The molecule has 0 amide bonds. The summed E-state index contributed by atoms with van der Waals surface area (Å²) in [6.07, 6.45) is 1.63. The summed E-state index contributed by atoms with van der Waals surface area (Å²) in [5, 5.41) is 15.9. The first-order valence-corrected chi connectivity index (χ1v) is 7.19. The second-order valence-electron chi connectivity index (χ2n) is 4.49. The second-order valence-corrected chi connectivity index (χ2v) is 5.37. The zero-order chi connectivity index (χ0) is 14.8. The van der Waals surface area contributed by atoms with Gasteiger partial charge in [0.2, 0.25) is 5.82 Å². The van der Waals surface area contributed by atoms with E-state index in [4.69, 9.17) is 5.73 Å². The van der Waals surface area contributed by atoms with Gasteiger partial charge in [0.25, 0.3) is 4.96 Å². The maximum atomic E-state index is 11.2. The molecule has 21 heavy (non-hydrogen) atoms. The van der Waals surface area contributed by atoms with Crippen molar-refractivity contribution in [3.05, 3.63) is 57.6 Å². The quantitative estimate of drug-likeness (QED) is 0.557. The molecule has 3 N–H and O–H groups in total. The van der Waals surface area contributed by atoms with E-state index in [-0.39, 0.29) is 17.7 Å². The lowest BCUT2D eigenvalue weighted by Crippen LogP contribution is -2.21. The van der Waals surface area contributed by atoms with E-state index >= 15 is 0 Å². The predicted octanol–water partition coefficient (Wildman–Crippen LogP) is 2.42. The van der Waals surface area contributed by atoms with E-state index in [9.17, 15) is 10.1 Å². The summed E-state index contributed by atoms with van der Waals surface area (Å²) in [4.78, 5) is 15.6. The predicted molar refractivity (Wildman–Crippen MR) is 81.6 cm³/mol. The van der Waals surface area contributed by atoms with Crippen LogP contribution in [0, 0.1) is 10.1 Å². The SMILES string of the molecule is NC(CNc1nc2sccn2c1[N+](=O)[O-])c1ccccc1. The molecule has 0 fully saturated rings. The fraction of sp³-hybridized carbons (Fsp3) is 0.154. The van der Waals surface area contributed by atoms with Crippen LogP contribution in [-0.2, 0) is 0 Å². The molecule has 108 valence electrons. The molecule has 1 unspecified atom stereocenters. The minimum atomic E-state index is -0.441. The fourth-order valence-corrected chi connectivity index (χ4v) is 2.80. The minimum absolute atomic E-state index is 0.0634. The number of fused-ring (bicyclic) bond motifs is 1. The molecule has 7 nitrogen and oxygen atoms in total. The summed E-state index contributed by atoms with van der Waals surface area (Å²) >= 11 is 1.35. The molecular weight excluding hydrogens is 290 g/mol. The third kappa shape index (κ3) is 2.58. The molecule has 0 saturated heterocycles. The number of aromatic nitrogens is 2. The molecule has 0 bridgehead atoms. The highest BCUT2D eigenvalue weighted by Gasteiger charge is 2.23. The summed E-state index contributed by atoms with van der Waals surface area (Å²) < 4.78 is 1.46. The molecule has 1 aromatic carbocycles. The van der Waals surface area contributed by atoms with Crippen molar-refractivity contribution in [3.63, 3.8) is 0 Å². The molecule has 2 aromatic heterocycles. The van der Waals surface area contributed by atoms with E-state index in [1.807, 2.05) is 30.3 Å². The Hall–Kier alpha value is -2.45. The van der Waals surface area contributed by atoms with Crippen molar-refractivity contribution in [2.24, 2.45) is 5.73 Å². The summed E-state index contributed by atoms with van der Waals surface area (Å²) in [5.41, 5.74) is 7.04. The highest BCUT2D eigenvalue weighted by atomic mass is 32.1. The number of anilines is 1. The van der Waals surface area contributed by atoms with Crippen LogP contribution in [0.25, 0.3) is 4.96 Å². The summed E-state index contributed by atoms with van der Waals surface area (Å²) in [7, 11) is 0. The van der Waals surface area contributed by atoms with Crippen LogP contribution in [-0.4, -0.2) is 20.9 Å². The van der Waals surface area contributed by atoms with Crippen molar-refractivity contribution in [3.8, 4) is 0 Å². The zero-order valence-electron chi connectivity index (χ0n) is 11.0. The number of hydrogen-bond acceptors (Lipinski definition) is 6. The number of nitro groups is 1. The Labute approximate surface area is 124 Å². The number of nitrogens with one attached hydrogen (secondary N) is 1. The molecule has 2 heterocycles. The van der Waals surface area contributed by atoms with E-state index in [1.54, 1.807) is 11.6 Å². The molecule has 0 aliphatic heterocycles. The Morgan fingerprint density at radius 1 is 1.43 bits per heavy atom. The van der Waals surface area contributed by atoms with Crippen molar-refractivity contribution in [1.82, 2.24) is 9.38 Å². The third-order valence-corrected chi connectivity index (χ3v) is 3.88. The highest BCUT2D eigenvalue weighted by Crippen LogP contribution is 2.28. The standard InChI is InChI=1S/C13H13N5O2S/c14-10(9-4-2-1-3-5-9)8-15-11-12(18(19)20)17-6-7-21-13(17)16-11/h1-7,10,15H,8,14H2. The van der Waals surface area contributed by atoms with Crippen LogP contribution in [0.4, 0.5) is 11.6 Å². The molecule has 1 atom stereocenters. The molecule has 3 aromatic rings. The molecule has 0 radical (unpaired) electrons. The highest BCUT2D eigenvalue weighted by molar-refractivity contribution is 7.15. The summed E-state index contributed by atoms with van der Waals surface area (Å²) in [6.45, 7) is 0.371. The number of nitrogens with two attached hydrogens (primary N) is 1. The van der Waals surface area contributed by atoms with Gasteiger partial charge in [-0.1, -0.05) is 41.7 Å². The summed E-state index contributed by atoms with van der Waals surface area (Å²) in [6, 6.07) is 9.32. The van der Waals surface area contributed by atoms with E-state index in [0.717, 1.165) is 5.56 Å². The van der Waals surface area contributed by atoms with Gasteiger partial charge in [-0.15, -0.1) is 0 Å². The first-order valence-electron chi connectivity index (χ1n) is 6.31. The molecule has 0 spiro atoms. The van der Waals surface area contributed by atoms with Crippen LogP contribution >= 0.6 is 11.3 Å².